The molecule has 112 valence electrons. The van der Waals surface area contributed by atoms with E-state index in [1.54, 1.807) is 0 Å². The normalized spacial score (nSPS) is 9.30. The highest BCUT2D eigenvalue weighted by molar-refractivity contribution is 6.10. The molecule has 12 nitrogen and oxygen atoms in total. The van der Waals surface area contributed by atoms with Gasteiger partial charge in [-0.3, -0.25) is 14.4 Å². The van der Waals surface area contributed by atoms with Crippen molar-refractivity contribution in [3.8, 4) is 0 Å². The van der Waals surface area contributed by atoms with Crippen LogP contribution in [0.2, 0.25) is 0 Å². The molecule has 0 saturated carbocycles. The van der Waals surface area contributed by atoms with Crippen LogP contribution < -0.4 is 15.3 Å². The molecule has 0 heterocycles. The van der Waals surface area contributed by atoms with Gasteiger partial charge in [0.05, 0.1) is 23.8 Å². The van der Waals surface area contributed by atoms with Crippen LogP contribution in [0, 0.1) is 11.8 Å². The molecule has 0 atom stereocenters. The molecule has 3 N–H and O–H groups in total. The Morgan fingerprint density at radius 3 is 0.750 bits per heavy atom. The fraction of sp³-hybridized carbons (Fsp3) is 0.250. The third kappa shape index (κ3) is 6.53. The quantitative estimate of drug-likeness (QED) is 0.388. The molecule has 0 aromatic rings. The van der Waals surface area contributed by atoms with Crippen LogP contribution in [-0.2, 0) is 28.8 Å². The highest BCUT2D eigenvalue weighted by Gasteiger charge is 2.33. The smallest absolute Gasteiger partial charge is 0.329 e. The molecule has 0 fully saturated rings. The van der Waals surface area contributed by atoms with E-state index in [4.69, 9.17) is 15.3 Å². The standard InChI is InChI=1S/2C4H4O6/c2*5-2(6)1(3(7)8)4(9)10/h2*1H,(H,5,6)(H,7,8)(H,9,10)/p-3. The van der Waals surface area contributed by atoms with Crippen LogP contribution in [0.25, 0.3) is 0 Å². The maximum absolute atomic E-state index is 9.82. The first-order valence-electron chi connectivity index (χ1n) is 4.24. The van der Waals surface area contributed by atoms with Crippen molar-refractivity contribution >= 4 is 35.8 Å². The fourth-order valence-corrected chi connectivity index (χ4v) is 0.606. The van der Waals surface area contributed by atoms with Gasteiger partial charge in [-0.1, -0.05) is 0 Å². The second kappa shape index (κ2) is 8.02. The molecule has 12 heteroatoms. The van der Waals surface area contributed by atoms with Crippen LogP contribution in [0.15, 0.2) is 0 Å². The van der Waals surface area contributed by atoms with Crippen LogP contribution in [0.1, 0.15) is 0 Å². The molecule has 0 aromatic carbocycles. The van der Waals surface area contributed by atoms with Crippen molar-refractivity contribution in [3.05, 3.63) is 0 Å². The van der Waals surface area contributed by atoms with Crippen molar-refractivity contribution in [3.63, 3.8) is 0 Å². The Kier molecular flexibility index (Phi) is 7.68. The molecule has 0 unspecified atom stereocenters. The Balaban J connectivity index is 0. The lowest BCUT2D eigenvalue weighted by Crippen LogP contribution is -2.52. The van der Waals surface area contributed by atoms with Crippen molar-refractivity contribution in [1.29, 1.82) is 0 Å². The van der Waals surface area contributed by atoms with E-state index in [-0.39, 0.29) is 0 Å². The summed E-state index contributed by atoms with van der Waals surface area (Å²) in [6.45, 7) is 0. The van der Waals surface area contributed by atoms with Gasteiger partial charge in [-0.25, -0.2) is 0 Å². The Morgan fingerprint density at radius 1 is 0.550 bits per heavy atom. The topological polar surface area (TPSA) is 232 Å². The second-order valence-electron chi connectivity index (χ2n) is 2.84. The third-order valence-electron chi connectivity index (χ3n) is 1.45. The first kappa shape index (κ1) is 19.2. The molecule has 0 rings (SSSR count). The number of aliphatic carboxylic acids is 6. The average molecular weight is 293 g/mol. The van der Waals surface area contributed by atoms with Gasteiger partial charge in [0.2, 0.25) is 5.92 Å². The predicted molar refractivity (Wildman–Crippen MR) is 44.9 cm³/mol. The number of hydrogen-bond acceptors (Lipinski definition) is 9. The van der Waals surface area contributed by atoms with E-state index in [0.29, 0.717) is 0 Å². The van der Waals surface area contributed by atoms with E-state index in [0.717, 1.165) is 0 Å². The van der Waals surface area contributed by atoms with E-state index in [1.165, 1.54) is 0 Å². The van der Waals surface area contributed by atoms with Crippen LogP contribution in [-0.4, -0.2) is 51.1 Å². The van der Waals surface area contributed by atoms with E-state index in [1.807, 2.05) is 0 Å². The number of carbonyl (C=O) groups is 6. The van der Waals surface area contributed by atoms with Crippen LogP contribution in [0.5, 0.6) is 0 Å². The monoisotopic (exact) mass is 293 g/mol. The summed E-state index contributed by atoms with van der Waals surface area (Å²) in [5.74, 6) is -17.4. The maximum Gasteiger partial charge on any atom is 0.329 e. The maximum atomic E-state index is 9.82. The highest BCUT2D eigenvalue weighted by atomic mass is 16.4. The lowest BCUT2D eigenvalue weighted by molar-refractivity contribution is -0.347. The van der Waals surface area contributed by atoms with Crippen molar-refractivity contribution in [2.45, 2.75) is 0 Å². The first-order chi connectivity index (χ1) is 8.93. The largest absolute Gasteiger partial charge is 0.549 e. The lowest BCUT2D eigenvalue weighted by atomic mass is 10.1. The molecule has 0 aliphatic rings. The summed E-state index contributed by atoms with van der Waals surface area (Å²) < 4.78 is 0. The minimum atomic E-state index is -2.69. The van der Waals surface area contributed by atoms with E-state index >= 15 is 0 Å². The van der Waals surface area contributed by atoms with Gasteiger partial charge in [0.1, 0.15) is 0 Å². The zero-order valence-corrected chi connectivity index (χ0v) is 9.17. The van der Waals surface area contributed by atoms with Crippen LogP contribution in [0.4, 0.5) is 0 Å². The zero-order chi connectivity index (χ0) is 16.6. The molecule has 0 bridgehead atoms. The van der Waals surface area contributed by atoms with Crippen molar-refractivity contribution < 1.29 is 59.4 Å². The van der Waals surface area contributed by atoms with Gasteiger partial charge in [0.25, 0.3) is 0 Å². The molecule has 0 saturated heterocycles. The SMILES string of the molecule is O=C(O)C(C(=O)O)C(=O)O.O=C([O-])C(C(=O)[O-])C(=O)[O-]. The minimum Gasteiger partial charge on any atom is -0.549 e. The number of carboxylic acids is 6. The number of carboxylic acid groups (broad SMARTS) is 6. The van der Waals surface area contributed by atoms with E-state index in [9.17, 15) is 44.1 Å². The Labute approximate surface area is 108 Å². The average Bonchev–Trinajstić information content (AvgIpc) is 2.12. The van der Waals surface area contributed by atoms with Gasteiger partial charge in [-0.15, -0.1) is 0 Å². The van der Waals surface area contributed by atoms with Crippen molar-refractivity contribution in [2.75, 3.05) is 0 Å². The molecule has 0 aliphatic heterocycles. The van der Waals surface area contributed by atoms with E-state index < -0.39 is 47.7 Å². The lowest BCUT2D eigenvalue weighted by Gasteiger charge is -2.18. The minimum absolute atomic E-state index is 1.87. The molecule has 0 radical (unpaired) electrons. The summed E-state index contributed by atoms with van der Waals surface area (Å²) in [4.78, 5) is 58.4. The Hall–Kier alpha value is -3.18. The van der Waals surface area contributed by atoms with E-state index in [2.05, 4.69) is 0 Å². The van der Waals surface area contributed by atoms with Crippen LogP contribution in [0.3, 0.4) is 0 Å². The van der Waals surface area contributed by atoms with Gasteiger partial charge in [0, 0.05) is 0 Å². The van der Waals surface area contributed by atoms with Crippen molar-refractivity contribution in [1.82, 2.24) is 0 Å². The fourth-order valence-electron chi connectivity index (χ4n) is 0.606. The highest BCUT2D eigenvalue weighted by Crippen LogP contribution is 1.95. The van der Waals surface area contributed by atoms with Crippen molar-refractivity contribution in [2.24, 2.45) is 11.8 Å². The first-order valence-corrected chi connectivity index (χ1v) is 4.24. The Bertz CT molecular complexity index is 340. The van der Waals surface area contributed by atoms with Gasteiger partial charge < -0.3 is 45.0 Å². The molecule has 0 aliphatic carbocycles. The van der Waals surface area contributed by atoms with Gasteiger partial charge in [0.15, 0.2) is 0 Å². The third-order valence-corrected chi connectivity index (χ3v) is 1.45. The molecule has 0 spiro atoms. The van der Waals surface area contributed by atoms with Gasteiger partial charge in [-0.2, -0.15) is 0 Å². The number of hydrogen-bond donors (Lipinski definition) is 3. The van der Waals surface area contributed by atoms with Gasteiger partial charge >= 0.3 is 17.9 Å². The predicted octanol–water partition coefficient (Wildman–Crippen LogP) is -6.29. The molecule has 20 heavy (non-hydrogen) atoms. The molecule has 0 aromatic heterocycles. The molecular formula is C8H5O12-3. The molecule has 0 amide bonds. The Morgan fingerprint density at radius 2 is 0.750 bits per heavy atom. The molecular weight excluding hydrogens is 288 g/mol. The summed E-state index contributed by atoms with van der Waals surface area (Å²) in [6.07, 6.45) is 0. The summed E-state index contributed by atoms with van der Waals surface area (Å²) >= 11 is 0. The van der Waals surface area contributed by atoms with Crippen LogP contribution >= 0.6 is 0 Å². The second-order valence-corrected chi connectivity index (χ2v) is 2.84. The number of carbonyl (C=O) groups excluding carboxylic acids is 3. The number of rotatable bonds is 6. The van der Waals surface area contributed by atoms with Gasteiger partial charge in [-0.05, 0) is 0 Å². The summed E-state index contributed by atoms with van der Waals surface area (Å²) in [5, 5.41) is 52.7. The zero-order valence-electron chi connectivity index (χ0n) is 9.17. The summed E-state index contributed by atoms with van der Waals surface area (Å²) in [5.41, 5.74) is 0. The summed E-state index contributed by atoms with van der Waals surface area (Å²) in [6, 6.07) is 0. The summed E-state index contributed by atoms with van der Waals surface area (Å²) in [7, 11) is 0.